The lowest BCUT2D eigenvalue weighted by molar-refractivity contribution is -0.128. The zero-order chi connectivity index (χ0) is 25.0. The number of hydrogen-bond acceptors (Lipinski definition) is 4. The molecule has 0 radical (unpaired) electrons. The SMILES string of the molecule is CC(=O)NC(Cc1ccc(F)cc1)C(=O)NC1CCN(S(=O)(=O)c2ccc3ccccc3c2)CC1. The highest BCUT2D eigenvalue weighted by Gasteiger charge is 2.31. The Morgan fingerprint density at radius 1 is 1.00 bits per heavy atom. The van der Waals surface area contributed by atoms with Gasteiger partial charge in [0.25, 0.3) is 0 Å². The molecule has 3 aromatic carbocycles. The summed E-state index contributed by atoms with van der Waals surface area (Å²) in [5, 5.41) is 7.43. The standard InChI is InChI=1S/C26H28FN3O4S/c1-18(31)28-25(16-19-6-9-22(27)10-7-19)26(32)29-23-12-14-30(15-13-23)35(33,34)24-11-8-20-4-2-3-5-21(20)17-24/h2-11,17,23,25H,12-16H2,1H3,(H,28,31)(H,29,32). The normalized spacial score (nSPS) is 16.1. The van der Waals surface area contributed by atoms with Crippen molar-refractivity contribution < 1.29 is 22.4 Å². The van der Waals surface area contributed by atoms with Gasteiger partial charge < -0.3 is 10.6 Å². The van der Waals surface area contributed by atoms with Crippen LogP contribution in [0.2, 0.25) is 0 Å². The average Bonchev–Trinajstić information content (AvgIpc) is 2.84. The second kappa shape index (κ2) is 10.5. The van der Waals surface area contributed by atoms with Gasteiger partial charge in [-0.1, -0.05) is 42.5 Å². The predicted molar refractivity (Wildman–Crippen MR) is 132 cm³/mol. The fraction of sp³-hybridized carbons (Fsp3) is 0.308. The number of piperidine rings is 1. The molecule has 9 heteroatoms. The molecule has 2 N–H and O–H groups in total. The molecule has 1 aliphatic rings. The first-order valence-electron chi connectivity index (χ1n) is 11.5. The molecular formula is C26H28FN3O4S. The van der Waals surface area contributed by atoms with E-state index in [0.717, 1.165) is 16.3 Å². The molecule has 4 rings (SSSR count). The van der Waals surface area contributed by atoms with Gasteiger partial charge in [0.15, 0.2) is 0 Å². The average molecular weight is 498 g/mol. The summed E-state index contributed by atoms with van der Waals surface area (Å²) in [4.78, 5) is 24.8. The van der Waals surface area contributed by atoms with Crippen LogP contribution >= 0.6 is 0 Å². The second-order valence-corrected chi connectivity index (χ2v) is 10.7. The van der Waals surface area contributed by atoms with Crippen molar-refractivity contribution in [1.82, 2.24) is 14.9 Å². The molecule has 0 spiro atoms. The van der Waals surface area contributed by atoms with Crippen LogP contribution in [0.4, 0.5) is 4.39 Å². The molecule has 1 atom stereocenters. The number of rotatable bonds is 7. The van der Waals surface area contributed by atoms with Gasteiger partial charge in [-0.15, -0.1) is 0 Å². The van der Waals surface area contributed by atoms with Gasteiger partial charge in [0.2, 0.25) is 21.8 Å². The van der Waals surface area contributed by atoms with E-state index in [1.54, 1.807) is 30.3 Å². The molecular weight excluding hydrogens is 469 g/mol. The summed E-state index contributed by atoms with van der Waals surface area (Å²) in [6.07, 6.45) is 1.14. The lowest BCUT2D eigenvalue weighted by Crippen LogP contribution is -2.53. The zero-order valence-corrected chi connectivity index (χ0v) is 20.2. The van der Waals surface area contributed by atoms with E-state index in [4.69, 9.17) is 0 Å². The van der Waals surface area contributed by atoms with Crippen molar-refractivity contribution in [3.8, 4) is 0 Å². The minimum absolute atomic E-state index is 0.213. The summed E-state index contributed by atoms with van der Waals surface area (Å²) >= 11 is 0. The van der Waals surface area contributed by atoms with Gasteiger partial charge in [-0.05, 0) is 53.4 Å². The third-order valence-corrected chi connectivity index (χ3v) is 8.10. The number of halogens is 1. The van der Waals surface area contributed by atoms with Crippen LogP contribution in [0, 0.1) is 5.82 Å². The van der Waals surface area contributed by atoms with Gasteiger partial charge in [0.1, 0.15) is 11.9 Å². The third-order valence-electron chi connectivity index (χ3n) is 6.21. The maximum atomic E-state index is 13.2. The van der Waals surface area contributed by atoms with Crippen LogP contribution in [0.5, 0.6) is 0 Å². The summed E-state index contributed by atoms with van der Waals surface area (Å²) in [5.41, 5.74) is 0.719. The van der Waals surface area contributed by atoms with Crippen LogP contribution < -0.4 is 10.6 Å². The lowest BCUT2D eigenvalue weighted by Gasteiger charge is -2.32. The Bertz CT molecular complexity index is 1320. The molecule has 0 saturated carbocycles. The minimum atomic E-state index is -3.65. The van der Waals surface area contributed by atoms with Crippen molar-refractivity contribution in [1.29, 1.82) is 0 Å². The number of carbonyl (C=O) groups excluding carboxylic acids is 2. The highest BCUT2D eigenvalue weighted by Crippen LogP contribution is 2.24. The summed E-state index contributed by atoms with van der Waals surface area (Å²) in [5.74, 6) is -1.07. The van der Waals surface area contributed by atoms with Crippen LogP contribution in [-0.4, -0.2) is 49.7 Å². The van der Waals surface area contributed by atoms with Crippen LogP contribution in [0.3, 0.4) is 0 Å². The molecule has 1 fully saturated rings. The number of carbonyl (C=O) groups is 2. The highest BCUT2D eigenvalue weighted by atomic mass is 32.2. The number of amides is 2. The van der Waals surface area contributed by atoms with E-state index < -0.39 is 16.1 Å². The van der Waals surface area contributed by atoms with Crippen molar-refractivity contribution in [2.24, 2.45) is 0 Å². The Kier molecular flexibility index (Phi) is 7.47. The van der Waals surface area contributed by atoms with E-state index in [0.29, 0.717) is 12.8 Å². The molecule has 1 aliphatic heterocycles. The maximum Gasteiger partial charge on any atom is 0.243 e. The first kappa shape index (κ1) is 24.8. The van der Waals surface area contributed by atoms with Gasteiger partial charge in [0.05, 0.1) is 4.90 Å². The number of sulfonamides is 1. The lowest BCUT2D eigenvalue weighted by atomic mass is 10.0. The molecule has 35 heavy (non-hydrogen) atoms. The largest absolute Gasteiger partial charge is 0.351 e. The first-order chi connectivity index (χ1) is 16.7. The molecule has 7 nitrogen and oxygen atoms in total. The van der Waals surface area contributed by atoms with Gasteiger partial charge in [-0.2, -0.15) is 4.31 Å². The van der Waals surface area contributed by atoms with E-state index in [9.17, 15) is 22.4 Å². The topological polar surface area (TPSA) is 95.6 Å². The van der Waals surface area contributed by atoms with Crippen molar-refractivity contribution in [2.45, 2.75) is 43.2 Å². The van der Waals surface area contributed by atoms with Gasteiger partial charge in [-0.25, -0.2) is 12.8 Å². The molecule has 3 aromatic rings. The molecule has 0 aromatic heterocycles. The Balaban J connectivity index is 1.38. The second-order valence-electron chi connectivity index (χ2n) is 8.78. The van der Waals surface area contributed by atoms with Crippen molar-refractivity contribution >= 4 is 32.6 Å². The number of hydrogen-bond donors (Lipinski definition) is 2. The summed E-state index contributed by atoms with van der Waals surface area (Å²) in [6.45, 7) is 1.90. The van der Waals surface area contributed by atoms with Gasteiger partial charge in [-0.3, -0.25) is 9.59 Å². The Morgan fingerprint density at radius 2 is 1.66 bits per heavy atom. The van der Waals surface area contributed by atoms with Crippen LogP contribution in [0.15, 0.2) is 71.6 Å². The quantitative estimate of drug-likeness (QED) is 0.525. The molecule has 1 saturated heterocycles. The predicted octanol–water partition coefficient (Wildman–Crippen LogP) is 3.00. The summed E-state index contributed by atoms with van der Waals surface area (Å²) < 4.78 is 41.0. The van der Waals surface area contributed by atoms with E-state index in [1.165, 1.54) is 23.4 Å². The minimum Gasteiger partial charge on any atom is -0.351 e. The first-order valence-corrected chi connectivity index (χ1v) is 13.0. The number of fused-ring (bicyclic) bond motifs is 1. The summed E-state index contributed by atoms with van der Waals surface area (Å²) in [6, 6.07) is 17.5. The fourth-order valence-electron chi connectivity index (χ4n) is 4.33. The highest BCUT2D eigenvalue weighted by molar-refractivity contribution is 7.89. The number of benzene rings is 3. The van der Waals surface area contributed by atoms with Crippen molar-refractivity contribution in [3.05, 3.63) is 78.1 Å². The monoisotopic (exact) mass is 497 g/mol. The van der Waals surface area contributed by atoms with Crippen LogP contribution in [0.1, 0.15) is 25.3 Å². The van der Waals surface area contributed by atoms with Gasteiger partial charge >= 0.3 is 0 Å². The van der Waals surface area contributed by atoms with Gasteiger partial charge in [0, 0.05) is 32.5 Å². The third kappa shape index (κ3) is 6.04. The smallest absolute Gasteiger partial charge is 0.243 e. The van der Waals surface area contributed by atoms with Crippen LogP contribution in [-0.2, 0) is 26.0 Å². The molecule has 1 unspecified atom stereocenters. The van der Waals surface area contributed by atoms with E-state index in [1.807, 2.05) is 24.3 Å². The molecule has 184 valence electrons. The zero-order valence-electron chi connectivity index (χ0n) is 19.4. The fourth-order valence-corrected chi connectivity index (χ4v) is 5.84. The number of nitrogens with zero attached hydrogens (tertiary/aromatic N) is 1. The van der Waals surface area contributed by atoms with E-state index in [-0.39, 0.29) is 48.1 Å². The molecule has 0 bridgehead atoms. The maximum absolute atomic E-state index is 13.2. The molecule has 1 heterocycles. The Hall–Kier alpha value is -3.30. The van der Waals surface area contributed by atoms with E-state index in [2.05, 4.69) is 10.6 Å². The van der Waals surface area contributed by atoms with Crippen molar-refractivity contribution in [2.75, 3.05) is 13.1 Å². The van der Waals surface area contributed by atoms with Crippen molar-refractivity contribution in [3.63, 3.8) is 0 Å². The number of nitrogens with one attached hydrogen (secondary N) is 2. The van der Waals surface area contributed by atoms with Crippen LogP contribution in [0.25, 0.3) is 10.8 Å². The molecule has 0 aliphatic carbocycles. The molecule has 2 amide bonds. The van der Waals surface area contributed by atoms with E-state index >= 15 is 0 Å². The Labute approximate surface area is 204 Å². The Morgan fingerprint density at radius 3 is 2.31 bits per heavy atom. The summed E-state index contributed by atoms with van der Waals surface area (Å²) in [7, 11) is -3.65.